The average Bonchev–Trinajstić information content (AvgIpc) is 2.83. The van der Waals surface area contributed by atoms with Crippen molar-refractivity contribution in [3.8, 4) is 11.5 Å². The lowest BCUT2D eigenvalue weighted by molar-refractivity contribution is -0.537. The van der Waals surface area contributed by atoms with E-state index in [1.807, 2.05) is 0 Å². The Morgan fingerprint density at radius 2 is 1.46 bits per heavy atom. The minimum atomic E-state index is -2.50. The number of benzene rings is 2. The lowest BCUT2D eigenvalue weighted by Gasteiger charge is -2.18. The molecule has 0 atom stereocenters. The largest absolute Gasteiger partial charge is 0.493 e. The van der Waals surface area contributed by atoms with E-state index in [1.54, 1.807) is 12.1 Å². The van der Waals surface area contributed by atoms with Crippen molar-refractivity contribution in [2.24, 2.45) is 0 Å². The summed E-state index contributed by atoms with van der Waals surface area (Å²) in [5, 5.41) is 11.9. The van der Waals surface area contributed by atoms with Crippen molar-refractivity contribution in [1.29, 1.82) is 0 Å². The molecule has 7 heteroatoms. The van der Waals surface area contributed by atoms with Crippen LogP contribution in [0.1, 0.15) is 26.3 Å². The number of nitrogens with zero attached hydrogens (tertiary/aromatic N) is 1. The van der Waals surface area contributed by atoms with Gasteiger partial charge in [-0.15, -0.1) is 0 Å². The van der Waals surface area contributed by atoms with Crippen LogP contribution in [0.2, 0.25) is 0 Å². The lowest BCUT2D eigenvalue weighted by Crippen LogP contribution is -2.46. The number of fused-ring (bicyclic) bond motifs is 1. The van der Waals surface area contributed by atoms with Gasteiger partial charge in [0, 0.05) is 21.6 Å². The summed E-state index contributed by atoms with van der Waals surface area (Å²) in [5.74, 6) is -1.15. The van der Waals surface area contributed by atoms with Crippen LogP contribution in [0.3, 0.4) is 0 Å². The van der Waals surface area contributed by atoms with Gasteiger partial charge in [0.1, 0.15) is 0 Å². The van der Waals surface area contributed by atoms with E-state index in [2.05, 4.69) is 0 Å². The van der Waals surface area contributed by atoms with E-state index in [4.69, 9.17) is 9.47 Å². The normalized spacial score (nSPS) is 15.1. The molecular formula is C17H13NO6. The van der Waals surface area contributed by atoms with Gasteiger partial charge >= 0.3 is 5.54 Å². The van der Waals surface area contributed by atoms with Gasteiger partial charge in [0.15, 0.2) is 11.5 Å². The van der Waals surface area contributed by atoms with Crippen LogP contribution in [0.15, 0.2) is 42.5 Å². The Morgan fingerprint density at radius 1 is 0.917 bits per heavy atom. The first-order valence-corrected chi connectivity index (χ1v) is 7.04. The average molecular weight is 327 g/mol. The van der Waals surface area contributed by atoms with E-state index in [9.17, 15) is 19.7 Å². The number of hydrogen-bond donors (Lipinski definition) is 0. The van der Waals surface area contributed by atoms with Crippen molar-refractivity contribution in [3.63, 3.8) is 0 Å². The maximum Gasteiger partial charge on any atom is 0.370 e. The summed E-state index contributed by atoms with van der Waals surface area (Å²) in [4.78, 5) is 36.6. The molecule has 3 rings (SSSR count). The Bertz CT molecular complexity index is 838. The summed E-state index contributed by atoms with van der Waals surface area (Å²) in [6.45, 7) is 0. The van der Waals surface area contributed by atoms with Gasteiger partial charge < -0.3 is 9.47 Å². The molecule has 0 aromatic heterocycles. The van der Waals surface area contributed by atoms with E-state index >= 15 is 0 Å². The first-order chi connectivity index (χ1) is 11.5. The van der Waals surface area contributed by atoms with Gasteiger partial charge in [0.05, 0.1) is 14.2 Å². The third-order valence-electron chi connectivity index (χ3n) is 4.15. The number of methoxy groups -OCH3 is 2. The summed E-state index contributed by atoms with van der Waals surface area (Å²) in [5.41, 5.74) is -2.46. The van der Waals surface area contributed by atoms with Crippen LogP contribution in [0, 0.1) is 10.1 Å². The minimum Gasteiger partial charge on any atom is -0.493 e. The third kappa shape index (κ3) is 1.84. The van der Waals surface area contributed by atoms with Gasteiger partial charge in [0.25, 0.3) is 11.6 Å². The molecule has 0 aliphatic heterocycles. The summed E-state index contributed by atoms with van der Waals surface area (Å²) in [6, 6.07) is 10.0. The molecule has 0 saturated carbocycles. The SMILES string of the molecule is COc1ccc(C2([N+](=O)[O-])C(=O)c3ccccc3C2=O)cc1OC. The highest BCUT2D eigenvalue weighted by molar-refractivity contribution is 6.31. The number of ketones is 2. The standard InChI is InChI=1S/C17H13NO6/c1-23-13-8-7-10(9-14(13)24-2)17(18(21)22)15(19)11-5-3-4-6-12(11)16(17)20/h3-9H,1-2H3. The van der Waals surface area contributed by atoms with Crippen LogP contribution in [0.5, 0.6) is 11.5 Å². The molecule has 7 nitrogen and oxygen atoms in total. The van der Waals surface area contributed by atoms with Crippen molar-refractivity contribution in [2.75, 3.05) is 14.2 Å². The number of hydrogen-bond acceptors (Lipinski definition) is 6. The predicted octanol–water partition coefficient (Wildman–Crippen LogP) is 2.25. The molecule has 0 amide bonds. The summed E-state index contributed by atoms with van der Waals surface area (Å²) < 4.78 is 10.2. The maximum absolute atomic E-state index is 12.8. The lowest BCUT2D eigenvalue weighted by atomic mass is 9.85. The highest BCUT2D eigenvalue weighted by Gasteiger charge is 2.65. The number of Topliss-reactive ketones (excluding diaryl/α,β-unsaturated/α-hetero) is 2. The van der Waals surface area contributed by atoms with Gasteiger partial charge in [-0.3, -0.25) is 19.7 Å². The Labute approximate surface area is 137 Å². The predicted molar refractivity (Wildman–Crippen MR) is 83.3 cm³/mol. The van der Waals surface area contributed by atoms with Crippen molar-refractivity contribution < 1.29 is 24.0 Å². The smallest absolute Gasteiger partial charge is 0.370 e. The molecule has 1 aliphatic rings. The Hall–Kier alpha value is -3.22. The van der Waals surface area contributed by atoms with Crippen molar-refractivity contribution >= 4 is 11.6 Å². The topological polar surface area (TPSA) is 95.7 Å². The summed E-state index contributed by atoms with van der Waals surface area (Å²) in [7, 11) is 2.79. The monoisotopic (exact) mass is 327 g/mol. The van der Waals surface area contributed by atoms with Crippen LogP contribution < -0.4 is 9.47 Å². The number of carbonyl (C=O) groups is 2. The Kier molecular flexibility index (Phi) is 3.56. The minimum absolute atomic E-state index is 0.0500. The van der Waals surface area contributed by atoms with Crippen molar-refractivity contribution in [1.82, 2.24) is 0 Å². The second kappa shape index (κ2) is 5.45. The number of nitro groups is 1. The van der Waals surface area contributed by atoms with Gasteiger partial charge in [-0.05, 0) is 18.2 Å². The van der Waals surface area contributed by atoms with Crippen LogP contribution in [0.25, 0.3) is 0 Å². The van der Waals surface area contributed by atoms with Crippen LogP contribution in [-0.2, 0) is 5.54 Å². The van der Waals surface area contributed by atoms with E-state index in [0.717, 1.165) is 0 Å². The second-order valence-corrected chi connectivity index (χ2v) is 5.24. The van der Waals surface area contributed by atoms with Crippen molar-refractivity contribution in [3.05, 3.63) is 69.3 Å². The van der Waals surface area contributed by atoms with E-state index < -0.39 is 22.0 Å². The van der Waals surface area contributed by atoms with Gasteiger partial charge in [0.2, 0.25) is 0 Å². The molecule has 1 aliphatic carbocycles. The van der Waals surface area contributed by atoms with E-state index in [1.165, 1.54) is 44.6 Å². The molecule has 122 valence electrons. The van der Waals surface area contributed by atoms with E-state index in [-0.39, 0.29) is 22.4 Å². The van der Waals surface area contributed by atoms with Crippen molar-refractivity contribution in [2.45, 2.75) is 5.54 Å². The zero-order chi connectivity index (χ0) is 17.5. The fraction of sp³-hybridized carbons (Fsp3) is 0.176. The zero-order valence-corrected chi connectivity index (χ0v) is 12.9. The maximum atomic E-state index is 12.8. The molecule has 0 bridgehead atoms. The molecule has 0 heterocycles. The van der Waals surface area contributed by atoms with Gasteiger partial charge in [-0.1, -0.05) is 24.3 Å². The molecule has 0 unspecified atom stereocenters. The number of ether oxygens (including phenoxy) is 2. The quantitative estimate of drug-likeness (QED) is 0.485. The summed E-state index contributed by atoms with van der Waals surface area (Å²) in [6.07, 6.45) is 0. The molecule has 2 aromatic carbocycles. The van der Waals surface area contributed by atoms with Crippen LogP contribution in [-0.4, -0.2) is 30.7 Å². The fourth-order valence-electron chi connectivity index (χ4n) is 2.97. The van der Waals surface area contributed by atoms with E-state index in [0.29, 0.717) is 5.75 Å². The molecule has 0 N–H and O–H groups in total. The number of carbonyl (C=O) groups excluding carboxylic acids is 2. The molecule has 24 heavy (non-hydrogen) atoms. The van der Waals surface area contributed by atoms with Crippen LogP contribution >= 0.6 is 0 Å². The highest BCUT2D eigenvalue weighted by Crippen LogP contribution is 2.42. The fourth-order valence-corrected chi connectivity index (χ4v) is 2.97. The van der Waals surface area contributed by atoms with Gasteiger partial charge in [-0.2, -0.15) is 0 Å². The first kappa shape index (κ1) is 15.7. The second-order valence-electron chi connectivity index (χ2n) is 5.24. The molecule has 0 spiro atoms. The molecule has 2 aromatic rings. The third-order valence-corrected chi connectivity index (χ3v) is 4.15. The molecule has 0 fully saturated rings. The molecule has 0 radical (unpaired) electrons. The molecular weight excluding hydrogens is 314 g/mol. The highest BCUT2D eigenvalue weighted by atomic mass is 16.6. The Morgan fingerprint density at radius 3 is 1.92 bits per heavy atom. The van der Waals surface area contributed by atoms with Crippen LogP contribution in [0.4, 0.5) is 0 Å². The summed E-state index contributed by atoms with van der Waals surface area (Å²) >= 11 is 0. The Balaban J connectivity index is 2.28. The van der Waals surface area contributed by atoms with Gasteiger partial charge in [-0.25, -0.2) is 0 Å². The molecule has 0 saturated heterocycles. The zero-order valence-electron chi connectivity index (χ0n) is 12.9. The number of rotatable bonds is 4. The first-order valence-electron chi connectivity index (χ1n) is 7.04.